The number of ether oxygens (including phenoxy) is 1. The van der Waals surface area contributed by atoms with Crippen LogP contribution in [0, 0.1) is 0 Å². The molecule has 3 N–H and O–H groups in total. The number of halogens is 3. The molecule has 14 heteroatoms. The van der Waals surface area contributed by atoms with Crippen LogP contribution in [0.1, 0.15) is 6.92 Å². The number of aromatic nitrogens is 4. The maximum atomic E-state index is 12.8. The molecule has 0 aliphatic carbocycles. The van der Waals surface area contributed by atoms with Crippen molar-refractivity contribution >= 4 is 43.3 Å². The largest absolute Gasteiger partial charge is 0.516 e. The Labute approximate surface area is 210 Å². The van der Waals surface area contributed by atoms with Crippen molar-refractivity contribution in [3.8, 4) is 11.5 Å². The van der Waals surface area contributed by atoms with Gasteiger partial charge >= 0.3 is 15.5 Å². The number of anilines is 2. The number of rotatable bonds is 6. The second-order valence-corrected chi connectivity index (χ2v) is 11.1. The second-order valence-electron chi connectivity index (χ2n) is 9.39. The SMILES string of the molecule is CC1COC(CN(C)C)CN1c1ccc2nc(-c3n[nH]c4ccc(NS(=O)(=O)C(F)(F)F)cc34)[nH]c2c1. The lowest BCUT2D eigenvalue weighted by Gasteiger charge is -2.40. The molecular weight excluding hydrogens is 511 g/mol. The molecule has 0 saturated carbocycles. The van der Waals surface area contributed by atoms with Crippen molar-refractivity contribution in [1.29, 1.82) is 0 Å². The number of fused-ring (bicyclic) bond motifs is 2. The van der Waals surface area contributed by atoms with Crippen LogP contribution in [0.2, 0.25) is 0 Å². The summed E-state index contributed by atoms with van der Waals surface area (Å²) in [7, 11) is -1.53. The molecule has 1 aliphatic rings. The smallest absolute Gasteiger partial charge is 0.373 e. The number of alkyl halides is 3. The fourth-order valence-corrected chi connectivity index (χ4v) is 5.01. The molecule has 10 nitrogen and oxygen atoms in total. The lowest BCUT2D eigenvalue weighted by Crippen LogP contribution is -2.51. The van der Waals surface area contributed by atoms with Gasteiger partial charge in [0.15, 0.2) is 5.82 Å². The maximum Gasteiger partial charge on any atom is 0.516 e. The lowest BCUT2D eigenvalue weighted by atomic mass is 10.1. The molecular formula is C23H26F3N7O3S. The molecule has 1 fully saturated rings. The highest BCUT2D eigenvalue weighted by atomic mass is 32.2. The van der Waals surface area contributed by atoms with Gasteiger partial charge in [-0.3, -0.25) is 9.82 Å². The third kappa shape index (κ3) is 4.95. The van der Waals surface area contributed by atoms with Gasteiger partial charge in [-0.05, 0) is 57.4 Å². The van der Waals surface area contributed by atoms with Gasteiger partial charge < -0.3 is 19.5 Å². The number of nitrogens with zero attached hydrogens (tertiary/aromatic N) is 4. The van der Waals surface area contributed by atoms with Crippen LogP contribution < -0.4 is 9.62 Å². The van der Waals surface area contributed by atoms with E-state index < -0.39 is 15.5 Å². The Hall–Kier alpha value is -3.36. The average Bonchev–Trinajstić information content (AvgIpc) is 3.42. The highest BCUT2D eigenvalue weighted by Crippen LogP contribution is 2.32. The molecule has 0 amide bonds. The summed E-state index contributed by atoms with van der Waals surface area (Å²) in [5.41, 5.74) is -2.33. The summed E-state index contributed by atoms with van der Waals surface area (Å²) in [6.07, 6.45) is 0.0820. The average molecular weight is 538 g/mol. The number of sulfonamides is 1. The van der Waals surface area contributed by atoms with E-state index in [4.69, 9.17) is 4.74 Å². The van der Waals surface area contributed by atoms with E-state index in [-0.39, 0.29) is 17.8 Å². The summed E-state index contributed by atoms with van der Waals surface area (Å²) >= 11 is 0. The molecule has 4 aromatic rings. The van der Waals surface area contributed by atoms with Crippen LogP contribution in [-0.2, 0) is 14.8 Å². The van der Waals surface area contributed by atoms with Gasteiger partial charge in [-0.2, -0.15) is 26.7 Å². The molecule has 5 rings (SSSR count). The number of hydrogen-bond donors (Lipinski definition) is 3. The number of imidazole rings is 1. The zero-order valence-electron chi connectivity index (χ0n) is 20.3. The molecule has 0 bridgehead atoms. The third-order valence-corrected chi connectivity index (χ3v) is 7.33. The van der Waals surface area contributed by atoms with Crippen LogP contribution in [0.4, 0.5) is 24.5 Å². The summed E-state index contributed by atoms with van der Waals surface area (Å²) in [5.74, 6) is 0.398. The Balaban J connectivity index is 1.46. The predicted octanol–water partition coefficient (Wildman–Crippen LogP) is 3.52. The van der Waals surface area contributed by atoms with Gasteiger partial charge in [0.1, 0.15) is 5.69 Å². The topological polar surface area (TPSA) is 119 Å². The molecule has 2 aromatic carbocycles. The Morgan fingerprint density at radius 2 is 1.97 bits per heavy atom. The summed E-state index contributed by atoms with van der Waals surface area (Å²) in [6, 6.07) is 10.0. The quantitative estimate of drug-likeness (QED) is 0.344. The van der Waals surface area contributed by atoms with Gasteiger partial charge in [0.2, 0.25) is 0 Å². The van der Waals surface area contributed by atoms with E-state index in [0.29, 0.717) is 34.5 Å². The van der Waals surface area contributed by atoms with E-state index in [1.807, 2.05) is 32.3 Å². The van der Waals surface area contributed by atoms with Crippen LogP contribution in [0.5, 0.6) is 0 Å². The van der Waals surface area contributed by atoms with Crippen molar-refractivity contribution in [3.63, 3.8) is 0 Å². The second kappa shape index (κ2) is 9.19. The number of likely N-dealkylation sites (N-methyl/N-ethyl adjacent to an activating group) is 1. The van der Waals surface area contributed by atoms with Crippen LogP contribution in [-0.4, -0.2) is 84.9 Å². The van der Waals surface area contributed by atoms with Crippen molar-refractivity contribution in [3.05, 3.63) is 36.4 Å². The van der Waals surface area contributed by atoms with E-state index in [2.05, 4.69) is 36.9 Å². The summed E-state index contributed by atoms with van der Waals surface area (Å²) < 4.78 is 69.0. The molecule has 0 spiro atoms. The lowest BCUT2D eigenvalue weighted by molar-refractivity contribution is -0.0429. The predicted molar refractivity (Wildman–Crippen MR) is 135 cm³/mol. The molecule has 1 aliphatic heterocycles. The highest BCUT2D eigenvalue weighted by Gasteiger charge is 2.46. The highest BCUT2D eigenvalue weighted by molar-refractivity contribution is 7.93. The minimum Gasteiger partial charge on any atom is -0.373 e. The number of H-pyrrole nitrogens is 2. The molecule has 0 radical (unpaired) electrons. The van der Waals surface area contributed by atoms with Gasteiger partial charge in [0.25, 0.3) is 0 Å². The Morgan fingerprint density at radius 1 is 1.19 bits per heavy atom. The zero-order chi connectivity index (χ0) is 26.5. The number of morpholine rings is 1. The van der Waals surface area contributed by atoms with Crippen molar-refractivity contribution < 1.29 is 26.3 Å². The molecule has 2 aromatic heterocycles. The van der Waals surface area contributed by atoms with Crippen LogP contribution in [0.3, 0.4) is 0 Å². The maximum absolute atomic E-state index is 12.8. The Kier molecular flexibility index (Phi) is 6.28. The van der Waals surface area contributed by atoms with Gasteiger partial charge in [0.05, 0.1) is 29.3 Å². The first-order valence-electron chi connectivity index (χ1n) is 11.5. The van der Waals surface area contributed by atoms with Gasteiger partial charge in [-0.15, -0.1) is 0 Å². The van der Waals surface area contributed by atoms with Crippen molar-refractivity contribution in [2.45, 2.75) is 24.6 Å². The van der Waals surface area contributed by atoms with E-state index >= 15 is 0 Å². The minimum atomic E-state index is -5.55. The number of aromatic amines is 2. The van der Waals surface area contributed by atoms with E-state index in [1.54, 1.807) is 4.72 Å². The van der Waals surface area contributed by atoms with Crippen molar-refractivity contribution in [1.82, 2.24) is 25.1 Å². The van der Waals surface area contributed by atoms with E-state index in [1.165, 1.54) is 18.2 Å². The fourth-order valence-electron chi connectivity index (χ4n) is 4.45. The number of nitrogens with one attached hydrogen (secondary N) is 3. The van der Waals surface area contributed by atoms with E-state index in [9.17, 15) is 21.6 Å². The molecule has 2 unspecified atom stereocenters. The van der Waals surface area contributed by atoms with Crippen molar-refractivity contribution in [2.24, 2.45) is 0 Å². The number of benzene rings is 2. The first-order chi connectivity index (χ1) is 17.4. The molecule has 1 saturated heterocycles. The van der Waals surface area contributed by atoms with Gasteiger partial charge in [-0.1, -0.05) is 0 Å². The summed E-state index contributed by atoms with van der Waals surface area (Å²) in [6.45, 7) is 4.28. The third-order valence-electron chi connectivity index (χ3n) is 6.22. The summed E-state index contributed by atoms with van der Waals surface area (Å²) in [5, 5.41) is 7.48. The Morgan fingerprint density at radius 3 is 2.70 bits per heavy atom. The standard InChI is InChI=1S/C23H26F3N7O3S/c1-13-12-36-16(10-32(2)3)11-33(13)15-5-7-19-20(9-15)28-22(27-19)21-17-8-14(4-6-18(17)29-30-21)31-37(34,35)23(24,25)26/h4-9,13,16,31H,10-12H2,1-3H3,(H,27,28)(H,29,30). The molecule has 37 heavy (non-hydrogen) atoms. The molecule has 2 atom stereocenters. The Bertz CT molecular complexity index is 1550. The zero-order valence-corrected chi connectivity index (χ0v) is 21.1. The normalized spacial score (nSPS) is 19.3. The number of hydrogen-bond acceptors (Lipinski definition) is 7. The van der Waals surface area contributed by atoms with Gasteiger partial charge in [-0.25, -0.2) is 4.98 Å². The fraction of sp³-hybridized carbons (Fsp3) is 0.391. The first-order valence-corrected chi connectivity index (χ1v) is 13.0. The molecule has 3 heterocycles. The summed E-state index contributed by atoms with van der Waals surface area (Å²) in [4.78, 5) is 12.2. The van der Waals surface area contributed by atoms with Crippen molar-refractivity contribution in [2.75, 3.05) is 43.4 Å². The van der Waals surface area contributed by atoms with Crippen LogP contribution in [0.25, 0.3) is 33.5 Å². The van der Waals surface area contributed by atoms with E-state index in [0.717, 1.165) is 24.3 Å². The van der Waals surface area contributed by atoms with Gasteiger partial charge in [0, 0.05) is 35.9 Å². The van der Waals surface area contributed by atoms with Crippen LogP contribution in [0.15, 0.2) is 36.4 Å². The first kappa shape index (κ1) is 25.3. The minimum absolute atomic E-state index is 0.0820. The molecule has 198 valence electrons. The monoisotopic (exact) mass is 537 g/mol. The van der Waals surface area contributed by atoms with Crippen LogP contribution >= 0.6 is 0 Å².